The lowest BCUT2D eigenvalue weighted by molar-refractivity contribution is -0.148. The zero-order valence-corrected chi connectivity index (χ0v) is 16.4. The predicted octanol–water partition coefficient (Wildman–Crippen LogP) is 1.62. The number of aliphatic carboxylic acids is 1. The molecule has 0 saturated heterocycles. The van der Waals surface area contributed by atoms with E-state index in [1.807, 2.05) is 0 Å². The predicted molar refractivity (Wildman–Crippen MR) is 97.8 cm³/mol. The average molecular weight is 395 g/mol. The molecule has 0 fully saturated rings. The van der Waals surface area contributed by atoms with Gasteiger partial charge in [0.15, 0.2) is 11.5 Å². The molecule has 0 aromatic heterocycles. The Morgan fingerprint density at radius 1 is 0.929 bits per heavy atom. The molecular formula is C19H25NO8. The minimum Gasteiger partial charge on any atom is -0.480 e. The number of hydrogen-bond donors (Lipinski definition) is 2. The molecule has 0 heterocycles. The Balaban J connectivity index is 3.42. The second-order valence-electron chi connectivity index (χ2n) is 6.46. The Kier molecular flexibility index (Phi) is 8.12. The van der Waals surface area contributed by atoms with Crippen LogP contribution in [0.2, 0.25) is 0 Å². The summed E-state index contributed by atoms with van der Waals surface area (Å²) in [4.78, 5) is 45.5. The minimum atomic E-state index is -1.32. The van der Waals surface area contributed by atoms with Crippen LogP contribution in [0, 0.1) is 5.92 Å². The monoisotopic (exact) mass is 395 g/mol. The summed E-state index contributed by atoms with van der Waals surface area (Å²) in [5, 5.41) is 9.43. The van der Waals surface area contributed by atoms with Crippen molar-refractivity contribution in [2.24, 2.45) is 11.7 Å². The lowest BCUT2D eigenvalue weighted by Crippen LogP contribution is -2.42. The van der Waals surface area contributed by atoms with Gasteiger partial charge in [-0.25, -0.2) is 0 Å². The van der Waals surface area contributed by atoms with E-state index in [0.717, 1.165) is 0 Å². The fraction of sp³-hybridized carbons (Fsp3) is 0.474. The van der Waals surface area contributed by atoms with Crippen molar-refractivity contribution in [2.75, 3.05) is 0 Å². The van der Waals surface area contributed by atoms with Gasteiger partial charge in [0, 0.05) is 32.6 Å². The van der Waals surface area contributed by atoms with Gasteiger partial charge >= 0.3 is 23.9 Å². The molecular weight excluding hydrogens is 370 g/mol. The molecule has 3 unspecified atom stereocenters. The van der Waals surface area contributed by atoms with Gasteiger partial charge in [0.05, 0.1) is 0 Å². The summed E-state index contributed by atoms with van der Waals surface area (Å²) in [6.07, 6.45) is -0.627. The molecule has 0 aliphatic heterocycles. The second-order valence-corrected chi connectivity index (χ2v) is 6.46. The summed E-state index contributed by atoms with van der Waals surface area (Å²) in [5.41, 5.74) is 6.32. The molecule has 1 rings (SSSR count). The summed E-state index contributed by atoms with van der Waals surface area (Å²) in [6.45, 7) is 6.95. The van der Waals surface area contributed by atoms with Gasteiger partial charge in [0.2, 0.25) is 0 Å². The molecule has 9 heteroatoms. The summed E-state index contributed by atoms with van der Waals surface area (Å²) < 4.78 is 15.3. The quantitative estimate of drug-likeness (QED) is 0.496. The van der Waals surface area contributed by atoms with E-state index in [9.17, 15) is 24.3 Å². The van der Waals surface area contributed by atoms with E-state index >= 15 is 0 Å². The van der Waals surface area contributed by atoms with Crippen molar-refractivity contribution in [1.29, 1.82) is 0 Å². The Bertz CT molecular complexity index is 760. The zero-order chi connectivity index (χ0) is 21.6. The number of rotatable bonds is 8. The van der Waals surface area contributed by atoms with Crippen LogP contribution in [0.15, 0.2) is 18.2 Å². The number of benzene rings is 1. The van der Waals surface area contributed by atoms with Crippen LogP contribution < -0.4 is 15.2 Å². The highest BCUT2D eigenvalue weighted by Gasteiger charge is 2.35. The molecule has 0 aliphatic carbocycles. The van der Waals surface area contributed by atoms with Crippen molar-refractivity contribution >= 4 is 23.9 Å². The summed E-state index contributed by atoms with van der Waals surface area (Å²) in [7, 11) is 0. The Morgan fingerprint density at radius 3 is 1.93 bits per heavy atom. The summed E-state index contributed by atoms with van der Waals surface area (Å²) in [5.74, 6) is -4.32. The molecule has 0 aliphatic rings. The van der Waals surface area contributed by atoms with Crippen LogP contribution >= 0.6 is 0 Å². The third-order valence-corrected chi connectivity index (χ3v) is 4.19. The van der Waals surface area contributed by atoms with Crippen molar-refractivity contribution < 1.29 is 38.5 Å². The Hall–Kier alpha value is -2.94. The average Bonchev–Trinajstić information content (AvgIpc) is 2.55. The molecule has 0 spiro atoms. The number of carboxylic acids is 1. The standard InChI is InChI=1S/C19H25NO8/c1-9(10(2)26-11(3)21)17(18(20)19(24)25)14-6-7-15(27-12(4)22)16(8-14)28-13(5)23/h6-10,17-18H,20H2,1-5H3,(H,24,25)/t9?,10?,17?,18-/m0/s1. The topological polar surface area (TPSA) is 142 Å². The molecule has 28 heavy (non-hydrogen) atoms. The fourth-order valence-electron chi connectivity index (χ4n) is 2.86. The van der Waals surface area contributed by atoms with Gasteiger partial charge in [-0.1, -0.05) is 13.0 Å². The summed E-state index contributed by atoms with van der Waals surface area (Å²) >= 11 is 0. The molecule has 3 N–H and O–H groups in total. The van der Waals surface area contributed by atoms with Gasteiger partial charge in [-0.3, -0.25) is 19.2 Å². The van der Waals surface area contributed by atoms with Crippen LogP contribution in [-0.4, -0.2) is 41.1 Å². The highest BCUT2D eigenvalue weighted by atomic mass is 16.6. The largest absolute Gasteiger partial charge is 0.480 e. The number of ether oxygens (including phenoxy) is 3. The minimum absolute atomic E-state index is 0.00906. The van der Waals surface area contributed by atoms with Gasteiger partial charge in [-0.05, 0) is 24.6 Å². The number of carbonyl (C=O) groups excluding carboxylic acids is 3. The molecule has 0 amide bonds. The van der Waals surface area contributed by atoms with Gasteiger partial charge in [0.25, 0.3) is 0 Å². The maximum Gasteiger partial charge on any atom is 0.321 e. The van der Waals surface area contributed by atoms with Crippen LogP contribution in [0.1, 0.15) is 46.1 Å². The molecule has 154 valence electrons. The molecule has 1 aromatic rings. The zero-order valence-electron chi connectivity index (χ0n) is 16.4. The van der Waals surface area contributed by atoms with E-state index in [4.69, 9.17) is 19.9 Å². The second kappa shape index (κ2) is 9.84. The normalized spacial score (nSPS) is 14.9. The van der Waals surface area contributed by atoms with E-state index in [0.29, 0.717) is 5.56 Å². The smallest absolute Gasteiger partial charge is 0.321 e. The van der Waals surface area contributed by atoms with Crippen molar-refractivity contribution in [3.63, 3.8) is 0 Å². The SMILES string of the molecule is CC(=O)Oc1ccc(C(C(C)C(C)OC(C)=O)[C@H](N)C(=O)O)cc1OC(C)=O. The lowest BCUT2D eigenvalue weighted by atomic mass is 9.79. The van der Waals surface area contributed by atoms with Gasteiger partial charge < -0.3 is 25.1 Å². The fourth-order valence-corrected chi connectivity index (χ4v) is 2.86. The first-order valence-corrected chi connectivity index (χ1v) is 8.60. The van der Waals surface area contributed by atoms with Crippen LogP contribution in [0.4, 0.5) is 0 Å². The van der Waals surface area contributed by atoms with Crippen molar-refractivity contribution in [3.05, 3.63) is 23.8 Å². The van der Waals surface area contributed by atoms with Gasteiger partial charge in [-0.2, -0.15) is 0 Å². The Morgan fingerprint density at radius 2 is 1.46 bits per heavy atom. The third-order valence-electron chi connectivity index (χ3n) is 4.19. The maximum atomic E-state index is 11.6. The number of esters is 3. The molecule has 0 saturated carbocycles. The highest BCUT2D eigenvalue weighted by Crippen LogP contribution is 2.37. The van der Waals surface area contributed by atoms with E-state index in [1.54, 1.807) is 13.8 Å². The molecule has 4 atom stereocenters. The van der Waals surface area contributed by atoms with E-state index in [2.05, 4.69) is 0 Å². The van der Waals surface area contributed by atoms with E-state index in [1.165, 1.54) is 39.0 Å². The van der Waals surface area contributed by atoms with Crippen LogP contribution in [-0.2, 0) is 23.9 Å². The van der Waals surface area contributed by atoms with Gasteiger partial charge in [-0.15, -0.1) is 0 Å². The van der Waals surface area contributed by atoms with Gasteiger partial charge in [0.1, 0.15) is 12.1 Å². The summed E-state index contributed by atoms with van der Waals surface area (Å²) in [6, 6.07) is 2.98. The van der Waals surface area contributed by atoms with Crippen LogP contribution in [0.5, 0.6) is 11.5 Å². The first kappa shape index (κ1) is 23.1. The number of nitrogens with two attached hydrogens (primary N) is 1. The van der Waals surface area contributed by atoms with Crippen molar-refractivity contribution in [2.45, 2.75) is 52.7 Å². The molecule has 9 nitrogen and oxygen atoms in total. The molecule has 0 bridgehead atoms. The van der Waals surface area contributed by atoms with E-state index < -0.39 is 47.9 Å². The third kappa shape index (κ3) is 6.34. The van der Waals surface area contributed by atoms with E-state index in [-0.39, 0.29) is 11.5 Å². The molecule has 1 aromatic carbocycles. The lowest BCUT2D eigenvalue weighted by Gasteiger charge is -2.31. The maximum absolute atomic E-state index is 11.6. The first-order valence-electron chi connectivity index (χ1n) is 8.60. The van der Waals surface area contributed by atoms with Crippen molar-refractivity contribution in [1.82, 2.24) is 0 Å². The van der Waals surface area contributed by atoms with Crippen LogP contribution in [0.25, 0.3) is 0 Å². The van der Waals surface area contributed by atoms with Crippen LogP contribution in [0.3, 0.4) is 0 Å². The highest BCUT2D eigenvalue weighted by molar-refractivity contribution is 5.76. The number of carboxylic acid groups (broad SMARTS) is 1. The Labute approximate surface area is 162 Å². The van der Waals surface area contributed by atoms with Crippen molar-refractivity contribution in [3.8, 4) is 11.5 Å². The number of carbonyl (C=O) groups is 4. The number of hydrogen-bond acceptors (Lipinski definition) is 8. The molecule has 0 radical (unpaired) electrons. The first-order chi connectivity index (χ1) is 12.9.